The minimum Gasteiger partial charge on any atom is -0.481 e. The highest BCUT2D eigenvalue weighted by Gasteiger charge is 2.10. The Morgan fingerprint density at radius 2 is 1.63 bits per heavy atom. The molecule has 3 aromatic carbocycles. The fraction of sp³-hybridized carbons (Fsp3) is 0.174. The van der Waals surface area contributed by atoms with E-state index in [1.165, 1.54) is 5.56 Å². The quantitative estimate of drug-likeness (QED) is 0.347. The molecule has 0 atom stereocenters. The number of carbonyl (C=O) groups excluding carboxylic acids is 1. The Morgan fingerprint density at radius 3 is 2.26 bits per heavy atom. The molecule has 3 rings (SSSR count). The molecule has 138 valence electrons. The van der Waals surface area contributed by atoms with Crippen LogP contribution in [0.3, 0.4) is 0 Å². The third kappa shape index (κ3) is 5.20. The minimum atomic E-state index is -0.439. The lowest BCUT2D eigenvalue weighted by molar-refractivity contribution is -0.136. The lowest BCUT2D eigenvalue weighted by atomic mass is 10.0. The molecule has 0 aliphatic carbocycles. The highest BCUT2D eigenvalue weighted by Crippen LogP contribution is 2.30. The first-order chi connectivity index (χ1) is 13.0. The van der Waals surface area contributed by atoms with Gasteiger partial charge in [-0.1, -0.05) is 62.4 Å². The first kappa shape index (κ1) is 19.2. The maximum atomic E-state index is 12.0. The molecule has 0 aromatic heterocycles. The summed E-state index contributed by atoms with van der Waals surface area (Å²) in [7, 11) is 0. The van der Waals surface area contributed by atoms with Gasteiger partial charge in [-0.25, -0.2) is 4.79 Å². The normalized spacial score (nSPS) is 10.7. The van der Waals surface area contributed by atoms with Crippen LogP contribution in [0.4, 0.5) is 0 Å². The zero-order valence-electron chi connectivity index (χ0n) is 15.3. The van der Waals surface area contributed by atoms with E-state index in [0.717, 1.165) is 15.6 Å². The molecule has 4 heteroatoms. The number of hydrogen-bond donors (Lipinski definition) is 0. The summed E-state index contributed by atoms with van der Waals surface area (Å²) in [4.78, 5) is 12.0. The number of halogens is 1. The summed E-state index contributed by atoms with van der Waals surface area (Å²) in [6, 6.07) is 23.4. The Labute approximate surface area is 168 Å². The highest BCUT2D eigenvalue weighted by molar-refractivity contribution is 9.10. The molecule has 0 saturated heterocycles. The average Bonchev–Trinajstić information content (AvgIpc) is 2.68. The van der Waals surface area contributed by atoms with Crippen molar-refractivity contribution < 1.29 is 14.3 Å². The number of ether oxygens (including phenoxy) is 2. The summed E-state index contributed by atoms with van der Waals surface area (Å²) in [5, 5.41) is 0. The molecule has 0 heterocycles. The van der Waals surface area contributed by atoms with Gasteiger partial charge in [0, 0.05) is 0 Å². The van der Waals surface area contributed by atoms with Crippen molar-refractivity contribution in [3.8, 4) is 22.6 Å². The molecule has 0 aliphatic heterocycles. The van der Waals surface area contributed by atoms with Crippen molar-refractivity contribution in [1.82, 2.24) is 0 Å². The van der Waals surface area contributed by atoms with Crippen molar-refractivity contribution in [2.24, 2.45) is 0 Å². The smallest absolute Gasteiger partial charge is 0.349 e. The van der Waals surface area contributed by atoms with Crippen LogP contribution in [0.5, 0.6) is 11.5 Å². The SMILES string of the molecule is CC(C)c1ccc(OC(=O)COc2ccc(-c3ccccc3)cc2Br)cc1. The molecule has 0 N–H and O–H groups in total. The molecule has 27 heavy (non-hydrogen) atoms. The van der Waals surface area contributed by atoms with Gasteiger partial charge < -0.3 is 9.47 Å². The van der Waals surface area contributed by atoms with E-state index in [-0.39, 0.29) is 6.61 Å². The van der Waals surface area contributed by atoms with Crippen molar-refractivity contribution in [2.45, 2.75) is 19.8 Å². The zero-order valence-corrected chi connectivity index (χ0v) is 16.9. The maximum Gasteiger partial charge on any atom is 0.349 e. The molecule has 3 nitrogen and oxygen atoms in total. The van der Waals surface area contributed by atoms with Crippen LogP contribution in [0.1, 0.15) is 25.3 Å². The lowest BCUT2D eigenvalue weighted by Gasteiger charge is -2.11. The van der Waals surface area contributed by atoms with Crippen LogP contribution in [-0.2, 0) is 4.79 Å². The Kier molecular flexibility index (Phi) is 6.30. The van der Waals surface area contributed by atoms with E-state index in [1.54, 1.807) is 12.1 Å². The Morgan fingerprint density at radius 1 is 0.926 bits per heavy atom. The monoisotopic (exact) mass is 424 g/mol. The van der Waals surface area contributed by atoms with Crippen LogP contribution in [0, 0.1) is 0 Å². The molecule has 0 amide bonds. The molecule has 0 spiro atoms. The van der Waals surface area contributed by atoms with Gasteiger partial charge in [-0.15, -0.1) is 0 Å². The highest BCUT2D eigenvalue weighted by atomic mass is 79.9. The largest absolute Gasteiger partial charge is 0.481 e. The van der Waals surface area contributed by atoms with Crippen LogP contribution in [0.15, 0.2) is 77.3 Å². The van der Waals surface area contributed by atoms with Gasteiger partial charge in [0.05, 0.1) is 4.47 Å². The van der Waals surface area contributed by atoms with E-state index in [1.807, 2.05) is 60.7 Å². The van der Waals surface area contributed by atoms with E-state index < -0.39 is 5.97 Å². The van der Waals surface area contributed by atoms with Crippen molar-refractivity contribution in [3.63, 3.8) is 0 Å². The molecule has 0 aliphatic rings. The molecule has 0 saturated carbocycles. The van der Waals surface area contributed by atoms with E-state index in [0.29, 0.717) is 17.4 Å². The van der Waals surface area contributed by atoms with Crippen molar-refractivity contribution in [3.05, 3.63) is 82.8 Å². The zero-order chi connectivity index (χ0) is 19.2. The standard InChI is InChI=1S/C23H21BrO3/c1-16(2)17-8-11-20(12-9-17)27-23(25)15-26-22-13-10-19(14-21(22)24)18-6-4-3-5-7-18/h3-14,16H,15H2,1-2H3. The third-order valence-electron chi connectivity index (χ3n) is 4.16. The molecular formula is C23H21BrO3. The first-order valence-corrected chi connectivity index (χ1v) is 9.60. The van der Waals surface area contributed by atoms with Crippen LogP contribution in [0.25, 0.3) is 11.1 Å². The number of benzene rings is 3. The van der Waals surface area contributed by atoms with Gasteiger partial charge in [0.15, 0.2) is 6.61 Å². The van der Waals surface area contributed by atoms with Gasteiger partial charge in [-0.2, -0.15) is 0 Å². The topological polar surface area (TPSA) is 35.5 Å². The number of hydrogen-bond acceptors (Lipinski definition) is 3. The van der Waals surface area contributed by atoms with E-state index in [9.17, 15) is 4.79 Å². The van der Waals surface area contributed by atoms with Crippen LogP contribution in [0.2, 0.25) is 0 Å². The second-order valence-electron chi connectivity index (χ2n) is 6.50. The van der Waals surface area contributed by atoms with E-state index in [2.05, 4.69) is 29.8 Å². The molecule has 0 radical (unpaired) electrons. The summed E-state index contributed by atoms with van der Waals surface area (Å²) >= 11 is 3.51. The van der Waals surface area contributed by atoms with E-state index >= 15 is 0 Å². The Bertz CT molecular complexity index is 903. The van der Waals surface area contributed by atoms with Gasteiger partial charge in [0.1, 0.15) is 11.5 Å². The van der Waals surface area contributed by atoms with Crippen molar-refractivity contribution in [1.29, 1.82) is 0 Å². The van der Waals surface area contributed by atoms with Gasteiger partial charge in [-0.05, 0) is 62.8 Å². The van der Waals surface area contributed by atoms with Crippen LogP contribution in [-0.4, -0.2) is 12.6 Å². The fourth-order valence-corrected chi connectivity index (χ4v) is 3.14. The first-order valence-electron chi connectivity index (χ1n) is 8.81. The lowest BCUT2D eigenvalue weighted by Crippen LogP contribution is -2.17. The van der Waals surface area contributed by atoms with Crippen molar-refractivity contribution >= 4 is 21.9 Å². The predicted molar refractivity (Wildman–Crippen MR) is 111 cm³/mol. The summed E-state index contributed by atoms with van der Waals surface area (Å²) in [6.07, 6.45) is 0. The summed E-state index contributed by atoms with van der Waals surface area (Å²) in [5.41, 5.74) is 3.39. The second kappa shape index (κ2) is 8.87. The molecule has 3 aromatic rings. The van der Waals surface area contributed by atoms with Crippen LogP contribution >= 0.6 is 15.9 Å². The number of esters is 1. The molecule has 0 bridgehead atoms. The summed E-state index contributed by atoms with van der Waals surface area (Å²) < 4.78 is 11.7. The minimum absolute atomic E-state index is 0.158. The Balaban J connectivity index is 1.58. The van der Waals surface area contributed by atoms with Gasteiger partial charge in [0.2, 0.25) is 0 Å². The fourth-order valence-electron chi connectivity index (χ4n) is 2.65. The second-order valence-corrected chi connectivity index (χ2v) is 7.35. The maximum absolute atomic E-state index is 12.0. The number of rotatable bonds is 6. The van der Waals surface area contributed by atoms with Gasteiger partial charge >= 0.3 is 5.97 Å². The van der Waals surface area contributed by atoms with Gasteiger partial charge in [-0.3, -0.25) is 0 Å². The van der Waals surface area contributed by atoms with Crippen molar-refractivity contribution in [2.75, 3.05) is 6.61 Å². The predicted octanol–water partition coefficient (Wildman–Crippen LogP) is 6.22. The molecule has 0 unspecified atom stereocenters. The number of carbonyl (C=O) groups is 1. The average molecular weight is 425 g/mol. The Hall–Kier alpha value is -2.59. The molecule has 0 fully saturated rings. The van der Waals surface area contributed by atoms with E-state index in [4.69, 9.17) is 9.47 Å². The summed E-state index contributed by atoms with van der Waals surface area (Å²) in [6.45, 7) is 4.08. The van der Waals surface area contributed by atoms with Crippen LogP contribution < -0.4 is 9.47 Å². The third-order valence-corrected chi connectivity index (χ3v) is 4.78. The van der Waals surface area contributed by atoms with Gasteiger partial charge in [0.25, 0.3) is 0 Å². The molecular weight excluding hydrogens is 404 g/mol. The summed E-state index contributed by atoms with van der Waals surface area (Å²) in [5.74, 6) is 1.12.